The molecule has 1 aliphatic heterocycles. The molecule has 3 rings (SSSR count). The average molecular weight is 281 g/mol. The Labute approximate surface area is 124 Å². The van der Waals surface area contributed by atoms with E-state index in [4.69, 9.17) is 4.74 Å². The molecule has 1 amide bonds. The van der Waals surface area contributed by atoms with Gasteiger partial charge in [0.15, 0.2) is 0 Å². The normalized spacial score (nSPS) is 13.5. The molecule has 0 atom stereocenters. The molecule has 1 aliphatic rings. The minimum Gasteiger partial charge on any atom is -0.376 e. The topological polar surface area (TPSA) is 38.3 Å². The summed E-state index contributed by atoms with van der Waals surface area (Å²) in [5.74, 6) is 0.0610. The number of nitrogens with one attached hydrogen (secondary N) is 1. The number of carbonyl (C=O) groups excluding carboxylic acids is 1. The fourth-order valence-corrected chi connectivity index (χ4v) is 2.57. The molecule has 0 spiro atoms. The van der Waals surface area contributed by atoms with Gasteiger partial charge < -0.3 is 10.1 Å². The number of rotatable bonds is 4. The number of hydrogen-bond acceptors (Lipinski definition) is 2. The van der Waals surface area contributed by atoms with Crippen LogP contribution in [0.2, 0.25) is 0 Å². The maximum Gasteiger partial charge on any atom is 0.224 e. The van der Waals surface area contributed by atoms with E-state index < -0.39 is 0 Å². The van der Waals surface area contributed by atoms with Crippen LogP contribution in [0.4, 0.5) is 0 Å². The average Bonchev–Trinajstić information content (AvgIpc) is 2.54. The molecule has 0 saturated carbocycles. The zero-order valence-corrected chi connectivity index (χ0v) is 12.0. The molecule has 2 aromatic carbocycles. The maximum atomic E-state index is 12.0. The molecule has 3 nitrogen and oxygen atoms in total. The van der Waals surface area contributed by atoms with Gasteiger partial charge in [-0.1, -0.05) is 48.5 Å². The highest BCUT2D eigenvalue weighted by atomic mass is 16.5. The highest BCUT2D eigenvalue weighted by Crippen LogP contribution is 2.18. The first-order valence-corrected chi connectivity index (χ1v) is 7.30. The Bertz CT molecular complexity index is 622. The van der Waals surface area contributed by atoms with Gasteiger partial charge in [-0.15, -0.1) is 0 Å². The van der Waals surface area contributed by atoms with Crippen LogP contribution < -0.4 is 5.32 Å². The summed E-state index contributed by atoms with van der Waals surface area (Å²) in [5.41, 5.74) is 4.75. The molecule has 21 heavy (non-hydrogen) atoms. The van der Waals surface area contributed by atoms with Crippen LogP contribution in [0.5, 0.6) is 0 Å². The summed E-state index contributed by atoms with van der Waals surface area (Å²) in [7, 11) is 0. The van der Waals surface area contributed by atoms with Crippen molar-refractivity contribution in [2.24, 2.45) is 0 Å². The molecular weight excluding hydrogens is 262 g/mol. The van der Waals surface area contributed by atoms with Crippen molar-refractivity contribution < 1.29 is 9.53 Å². The van der Waals surface area contributed by atoms with Gasteiger partial charge in [0, 0.05) is 6.54 Å². The van der Waals surface area contributed by atoms with E-state index in [0.717, 1.165) is 24.2 Å². The van der Waals surface area contributed by atoms with Gasteiger partial charge in [-0.05, 0) is 28.7 Å². The first-order chi connectivity index (χ1) is 10.3. The van der Waals surface area contributed by atoms with Crippen molar-refractivity contribution in [3.8, 4) is 0 Å². The summed E-state index contributed by atoms with van der Waals surface area (Å²) in [4.78, 5) is 12.0. The number of carbonyl (C=O) groups is 1. The molecule has 1 N–H and O–H groups in total. The van der Waals surface area contributed by atoms with E-state index in [1.807, 2.05) is 36.4 Å². The lowest BCUT2D eigenvalue weighted by molar-refractivity contribution is -0.120. The Hall–Kier alpha value is -2.13. The fraction of sp³-hybridized carbons (Fsp3) is 0.278. The van der Waals surface area contributed by atoms with Gasteiger partial charge in [0.1, 0.15) is 0 Å². The van der Waals surface area contributed by atoms with E-state index in [9.17, 15) is 4.79 Å². The third-order valence-corrected chi connectivity index (χ3v) is 3.74. The van der Waals surface area contributed by atoms with Crippen molar-refractivity contribution in [3.63, 3.8) is 0 Å². The van der Waals surface area contributed by atoms with E-state index in [0.29, 0.717) is 19.6 Å². The Morgan fingerprint density at radius 3 is 2.76 bits per heavy atom. The number of hydrogen-bond donors (Lipinski definition) is 1. The van der Waals surface area contributed by atoms with Crippen molar-refractivity contribution in [3.05, 3.63) is 70.8 Å². The molecule has 108 valence electrons. The number of ether oxygens (including phenoxy) is 1. The number of amides is 1. The molecular formula is C18H19NO2. The van der Waals surface area contributed by atoms with Gasteiger partial charge in [-0.2, -0.15) is 0 Å². The van der Waals surface area contributed by atoms with Crippen LogP contribution in [0.1, 0.15) is 22.3 Å². The second-order valence-electron chi connectivity index (χ2n) is 5.34. The van der Waals surface area contributed by atoms with Crippen LogP contribution in [0, 0.1) is 0 Å². The van der Waals surface area contributed by atoms with Gasteiger partial charge >= 0.3 is 0 Å². The minimum absolute atomic E-state index is 0.0610. The maximum absolute atomic E-state index is 12.0. The van der Waals surface area contributed by atoms with Crippen molar-refractivity contribution in [1.82, 2.24) is 5.32 Å². The van der Waals surface area contributed by atoms with Crippen molar-refractivity contribution in [1.29, 1.82) is 0 Å². The molecule has 0 unspecified atom stereocenters. The van der Waals surface area contributed by atoms with Gasteiger partial charge in [0.05, 0.1) is 19.6 Å². The van der Waals surface area contributed by atoms with Crippen molar-refractivity contribution in [2.45, 2.75) is 26.0 Å². The lowest BCUT2D eigenvalue weighted by atomic mass is 9.99. The van der Waals surface area contributed by atoms with E-state index >= 15 is 0 Å². The molecule has 0 aromatic heterocycles. The summed E-state index contributed by atoms with van der Waals surface area (Å²) >= 11 is 0. The third-order valence-electron chi connectivity index (χ3n) is 3.74. The zero-order chi connectivity index (χ0) is 14.5. The molecule has 0 radical (unpaired) electrons. The first-order valence-electron chi connectivity index (χ1n) is 7.30. The molecule has 2 aromatic rings. The largest absolute Gasteiger partial charge is 0.376 e. The molecule has 0 bridgehead atoms. The SMILES string of the molecule is O=C(Cc1ccc2c(c1)CCOC2)NCc1ccccc1. The van der Waals surface area contributed by atoms with Crippen LogP contribution >= 0.6 is 0 Å². The monoisotopic (exact) mass is 281 g/mol. The molecule has 3 heteroatoms. The number of fused-ring (bicyclic) bond motifs is 1. The fourth-order valence-electron chi connectivity index (χ4n) is 2.57. The Balaban J connectivity index is 1.57. The Morgan fingerprint density at radius 2 is 1.90 bits per heavy atom. The second kappa shape index (κ2) is 6.55. The first kappa shape index (κ1) is 13.8. The standard InChI is InChI=1S/C18H19NO2/c20-18(19-12-14-4-2-1-3-5-14)11-15-6-7-17-13-21-9-8-16(17)10-15/h1-7,10H,8-9,11-13H2,(H,19,20). The predicted octanol–water partition coefficient (Wildman–Crippen LogP) is 2.62. The molecule has 0 fully saturated rings. The van der Waals surface area contributed by atoms with Crippen LogP contribution in [0.15, 0.2) is 48.5 Å². The van der Waals surface area contributed by atoms with Crippen LogP contribution in [-0.4, -0.2) is 12.5 Å². The van der Waals surface area contributed by atoms with Gasteiger partial charge in [-0.25, -0.2) is 0 Å². The van der Waals surface area contributed by atoms with Crippen molar-refractivity contribution in [2.75, 3.05) is 6.61 Å². The van der Waals surface area contributed by atoms with Crippen LogP contribution in [0.25, 0.3) is 0 Å². The van der Waals surface area contributed by atoms with Gasteiger partial charge in [0.25, 0.3) is 0 Å². The highest BCUT2D eigenvalue weighted by Gasteiger charge is 2.11. The lowest BCUT2D eigenvalue weighted by Crippen LogP contribution is -2.24. The van der Waals surface area contributed by atoms with E-state index in [1.54, 1.807) is 0 Å². The summed E-state index contributed by atoms with van der Waals surface area (Å²) in [6.07, 6.45) is 1.37. The molecule has 0 saturated heterocycles. The smallest absolute Gasteiger partial charge is 0.224 e. The summed E-state index contributed by atoms with van der Waals surface area (Å²) in [6, 6.07) is 16.2. The minimum atomic E-state index is 0.0610. The Kier molecular flexibility index (Phi) is 4.31. The van der Waals surface area contributed by atoms with Crippen molar-refractivity contribution >= 4 is 5.91 Å². The summed E-state index contributed by atoms with van der Waals surface area (Å²) in [5, 5.41) is 2.96. The highest BCUT2D eigenvalue weighted by molar-refractivity contribution is 5.78. The zero-order valence-electron chi connectivity index (χ0n) is 12.0. The second-order valence-corrected chi connectivity index (χ2v) is 5.34. The van der Waals surface area contributed by atoms with Crippen LogP contribution in [-0.2, 0) is 35.5 Å². The Morgan fingerprint density at radius 1 is 1.05 bits per heavy atom. The third kappa shape index (κ3) is 3.70. The lowest BCUT2D eigenvalue weighted by Gasteiger charge is -2.17. The van der Waals surface area contributed by atoms with Crippen LogP contribution in [0.3, 0.4) is 0 Å². The van der Waals surface area contributed by atoms with E-state index in [-0.39, 0.29) is 5.91 Å². The molecule has 1 heterocycles. The summed E-state index contributed by atoms with van der Waals surface area (Å²) in [6.45, 7) is 2.05. The molecule has 0 aliphatic carbocycles. The van der Waals surface area contributed by atoms with Gasteiger partial charge in [0.2, 0.25) is 5.91 Å². The predicted molar refractivity (Wildman–Crippen MR) is 81.8 cm³/mol. The van der Waals surface area contributed by atoms with E-state index in [2.05, 4.69) is 17.4 Å². The quantitative estimate of drug-likeness (QED) is 0.935. The van der Waals surface area contributed by atoms with Gasteiger partial charge in [-0.3, -0.25) is 4.79 Å². The van der Waals surface area contributed by atoms with E-state index in [1.165, 1.54) is 11.1 Å². The number of benzene rings is 2. The summed E-state index contributed by atoms with van der Waals surface area (Å²) < 4.78 is 5.43.